The molecular formula is C8H12N2S. The summed E-state index contributed by atoms with van der Waals surface area (Å²) in [6.45, 7) is 4.31. The summed E-state index contributed by atoms with van der Waals surface area (Å²) < 4.78 is 0.859. The predicted molar refractivity (Wildman–Crippen MR) is 48.0 cm³/mol. The van der Waals surface area contributed by atoms with Crippen molar-refractivity contribution in [1.82, 2.24) is 10.2 Å². The second-order valence-electron chi connectivity index (χ2n) is 2.98. The second-order valence-corrected chi connectivity index (χ2v) is 3.42. The Balaban J connectivity index is 2.87. The molecule has 0 fully saturated rings. The molecule has 0 saturated carbocycles. The minimum absolute atomic E-state index is 0.611. The molecule has 1 aromatic heterocycles. The topological polar surface area (TPSA) is 28.7 Å². The predicted octanol–water partition coefficient (Wildman–Crippen LogP) is 2.34. The third kappa shape index (κ3) is 2.42. The minimum Gasteiger partial charge on any atom is -0.285 e. The molecular weight excluding hydrogens is 156 g/mol. The number of aromatic nitrogens is 2. The van der Waals surface area contributed by atoms with Crippen molar-refractivity contribution in [2.75, 3.05) is 0 Å². The highest BCUT2D eigenvalue weighted by Crippen LogP contribution is 2.04. The van der Waals surface area contributed by atoms with E-state index in [0.717, 1.165) is 16.6 Å². The van der Waals surface area contributed by atoms with E-state index in [4.69, 9.17) is 12.2 Å². The first-order valence-corrected chi connectivity index (χ1v) is 4.14. The van der Waals surface area contributed by atoms with Crippen molar-refractivity contribution in [1.29, 1.82) is 0 Å². The molecule has 3 heteroatoms. The maximum absolute atomic E-state index is 5.09. The maximum atomic E-state index is 5.09. The fourth-order valence-electron chi connectivity index (χ4n) is 0.912. The van der Waals surface area contributed by atoms with E-state index in [9.17, 15) is 0 Å². The molecule has 0 radical (unpaired) electrons. The molecule has 0 bridgehead atoms. The maximum Gasteiger partial charge on any atom is 0.0790 e. The highest BCUT2D eigenvalue weighted by atomic mass is 32.1. The van der Waals surface area contributed by atoms with E-state index >= 15 is 0 Å². The zero-order valence-corrected chi connectivity index (χ0v) is 7.61. The first-order valence-electron chi connectivity index (χ1n) is 3.73. The van der Waals surface area contributed by atoms with Gasteiger partial charge in [0.2, 0.25) is 0 Å². The highest BCUT2D eigenvalue weighted by Gasteiger charge is 1.99. The summed E-state index contributed by atoms with van der Waals surface area (Å²) in [6.07, 6.45) is 2.71. The number of rotatable bonds is 2. The molecule has 0 spiro atoms. The molecule has 0 aliphatic rings. The fourth-order valence-corrected chi connectivity index (χ4v) is 1.11. The summed E-state index contributed by atoms with van der Waals surface area (Å²) in [5, 5.41) is 6.88. The van der Waals surface area contributed by atoms with Gasteiger partial charge in [0, 0.05) is 6.20 Å². The van der Waals surface area contributed by atoms with Crippen molar-refractivity contribution in [3.05, 3.63) is 22.5 Å². The van der Waals surface area contributed by atoms with E-state index in [0.29, 0.717) is 5.92 Å². The van der Waals surface area contributed by atoms with Gasteiger partial charge in [-0.25, -0.2) is 0 Å². The summed E-state index contributed by atoms with van der Waals surface area (Å²) in [4.78, 5) is 0. The Morgan fingerprint density at radius 2 is 2.36 bits per heavy atom. The van der Waals surface area contributed by atoms with E-state index in [1.807, 2.05) is 6.07 Å². The zero-order valence-electron chi connectivity index (χ0n) is 6.79. The molecule has 11 heavy (non-hydrogen) atoms. The van der Waals surface area contributed by atoms with E-state index in [1.54, 1.807) is 6.20 Å². The minimum atomic E-state index is 0.611. The molecule has 0 atom stereocenters. The molecule has 1 rings (SSSR count). The van der Waals surface area contributed by atoms with Crippen LogP contribution in [0, 0.1) is 10.4 Å². The summed E-state index contributed by atoms with van der Waals surface area (Å²) in [5.41, 5.74) is 0.998. The fraction of sp³-hybridized carbons (Fsp3) is 0.500. The lowest BCUT2D eigenvalue weighted by atomic mass is 10.1. The van der Waals surface area contributed by atoms with Gasteiger partial charge in [-0.3, -0.25) is 5.10 Å². The van der Waals surface area contributed by atoms with Crippen molar-refractivity contribution in [3.63, 3.8) is 0 Å². The van der Waals surface area contributed by atoms with E-state index in [-0.39, 0.29) is 0 Å². The molecule has 1 aromatic rings. The summed E-state index contributed by atoms with van der Waals surface area (Å²) in [7, 11) is 0. The number of hydrogen-bond acceptors (Lipinski definition) is 2. The molecule has 60 valence electrons. The molecule has 0 unspecified atom stereocenters. The Labute approximate surface area is 71.7 Å². The van der Waals surface area contributed by atoms with E-state index in [1.165, 1.54) is 0 Å². The van der Waals surface area contributed by atoms with Crippen molar-refractivity contribution in [3.8, 4) is 0 Å². The van der Waals surface area contributed by atoms with Gasteiger partial charge in [-0.05, 0) is 18.4 Å². The lowest BCUT2D eigenvalue weighted by molar-refractivity contribution is 0.626. The van der Waals surface area contributed by atoms with Gasteiger partial charge in [0.05, 0.1) is 10.2 Å². The number of nitrogens with zero attached hydrogens (tertiary/aromatic N) is 1. The molecule has 0 saturated heterocycles. The van der Waals surface area contributed by atoms with Crippen LogP contribution in [0.25, 0.3) is 0 Å². The van der Waals surface area contributed by atoms with Gasteiger partial charge < -0.3 is 0 Å². The van der Waals surface area contributed by atoms with Crippen molar-refractivity contribution in [2.45, 2.75) is 20.3 Å². The van der Waals surface area contributed by atoms with Crippen molar-refractivity contribution < 1.29 is 0 Å². The molecule has 1 heterocycles. The van der Waals surface area contributed by atoms with Crippen LogP contribution in [-0.2, 0) is 6.42 Å². The highest BCUT2D eigenvalue weighted by molar-refractivity contribution is 7.71. The average molecular weight is 168 g/mol. The molecule has 0 aliphatic heterocycles. The molecule has 0 aromatic carbocycles. The van der Waals surface area contributed by atoms with Gasteiger partial charge in [-0.15, -0.1) is 0 Å². The van der Waals surface area contributed by atoms with Gasteiger partial charge in [0.1, 0.15) is 0 Å². The van der Waals surface area contributed by atoms with Gasteiger partial charge in [-0.1, -0.05) is 26.1 Å². The molecule has 0 amide bonds. The quantitative estimate of drug-likeness (QED) is 0.687. The third-order valence-corrected chi connectivity index (χ3v) is 1.77. The molecule has 0 aliphatic carbocycles. The van der Waals surface area contributed by atoms with Crippen LogP contribution in [0.15, 0.2) is 12.3 Å². The lowest BCUT2D eigenvalue weighted by Crippen LogP contribution is -1.98. The van der Waals surface area contributed by atoms with Crippen LogP contribution in [0.5, 0.6) is 0 Å². The number of aromatic amines is 1. The van der Waals surface area contributed by atoms with E-state index < -0.39 is 0 Å². The van der Waals surface area contributed by atoms with Gasteiger partial charge >= 0.3 is 0 Å². The van der Waals surface area contributed by atoms with Crippen molar-refractivity contribution >= 4 is 12.2 Å². The molecule has 1 N–H and O–H groups in total. The Hall–Kier alpha value is -0.700. The van der Waals surface area contributed by atoms with Crippen LogP contribution >= 0.6 is 12.2 Å². The second kappa shape index (κ2) is 3.62. The average Bonchev–Trinajstić information content (AvgIpc) is 1.93. The third-order valence-electron chi connectivity index (χ3n) is 1.39. The Morgan fingerprint density at radius 1 is 1.64 bits per heavy atom. The first kappa shape index (κ1) is 8.40. The molecule has 2 nitrogen and oxygen atoms in total. The smallest absolute Gasteiger partial charge is 0.0790 e. The Bertz CT molecular complexity index is 277. The van der Waals surface area contributed by atoms with Gasteiger partial charge in [0.15, 0.2) is 0 Å². The first-order chi connectivity index (χ1) is 5.20. The standard InChI is InChI=1S/C8H12N2S/c1-6(2)5-7-8(11)3-4-9-10-7/h3-4,6H,5H2,1-2H3,(H,9,11). The normalized spacial score (nSPS) is 10.5. The van der Waals surface area contributed by atoms with Crippen LogP contribution in [0.2, 0.25) is 0 Å². The van der Waals surface area contributed by atoms with Gasteiger partial charge in [-0.2, -0.15) is 5.10 Å². The van der Waals surface area contributed by atoms with Crippen LogP contribution < -0.4 is 0 Å². The largest absolute Gasteiger partial charge is 0.285 e. The Kier molecular flexibility index (Phi) is 2.76. The monoisotopic (exact) mass is 168 g/mol. The summed E-state index contributed by atoms with van der Waals surface area (Å²) in [6, 6.07) is 1.88. The summed E-state index contributed by atoms with van der Waals surface area (Å²) in [5.74, 6) is 0.611. The van der Waals surface area contributed by atoms with Crippen LogP contribution in [0.4, 0.5) is 0 Å². The summed E-state index contributed by atoms with van der Waals surface area (Å²) >= 11 is 5.09. The Morgan fingerprint density at radius 3 is 2.91 bits per heavy atom. The van der Waals surface area contributed by atoms with Crippen LogP contribution in [0.1, 0.15) is 19.5 Å². The number of H-pyrrole nitrogens is 1. The van der Waals surface area contributed by atoms with Crippen molar-refractivity contribution in [2.24, 2.45) is 5.92 Å². The number of nitrogens with one attached hydrogen (secondary N) is 1. The number of hydrogen-bond donors (Lipinski definition) is 1. The van der Waals surface area contributed by atoms with E-state index in [2.05, 4.69) is 24.0 Å². The van der Waals surface area contributed by atoms with Crippen LogP contribution in [-0.4, -0.2) is 10.2 Å². The van der Waals surface area contributed by atoms with Gasteiger partial charge in [0.25, 0.3) is 0 Å². The lowest BCUT2D eigenvalue weighted by Gasteiger charge is -2.01. The zero-order chi connectivity index (χ0) is 8.27. The SMILES string of the molecule is CC(C)Cc1n[nH]ccc1=S. The van der Waals surface area contributed by atoms with Crippen LogP contribution in [0.3, 0.4) is 0 Å².